The SMILES string of the molecule is CCCCCCC(C)(C)c1ccc([C@@H]2C[C@H](O)CC[C@H]2O)c(O)c1. The summed E-state index contributed by atoms with van der Waals surface area (Å²) < 4.78 is 0. The van der Waals surface area contributed by atoms with Crippen molar-refractivity contribution in [2.45, 2.75) is 95.7 Å². The second kappa shape index (κ2) is 8.35. The third kappa shape index (κ3) is 4.73. The second-order valence-corrected chi connectivity index (χ2v) is 8.11. The summed E-state index contributed by atoms with van der Waals surface area (Å²) in [6.07, 6.45) is 6.99. The third-order valence-electron chi connectivity index (χ3n) is 5.65. The van der Waals surface area contributed by atoms with Gasteiger partial charge in [0.15, 0.2) is 0 Å². The highest BCUT2D eigenvalue weighted by Crippen LogP contribution is 2.40. The Kier molecular flexibility index (Phi) is 6.70. The molecule has 0 aromatic heterocycles. The van der Waals surface area contributed by atoms with Crippen LogP contribution >= 0.6 is 0 Å². The predicted octanol–water partition coefficient (Wildman–Crippen LogP) is 4.63. The van der Waals surface area contributed by atoms with Crippen LogP contribution in [0.25, 0.3) is 0 Å². The topological polar surface area (TPSA) is 60.7 Å². The van der Waals surface area contributed by atoms with E-state index in [0.717, 1.165) is 17.5 Å². The first-order chi connectivity index (χ1) is 11.3. The molecular weight excluding hydrogens is 300 g/mol. The van der Waals surface area contributed by atoms with Crippen molar-refractivity contribution in [2.24, 2.45) is 0 Å². The van der Waals surface area contributed by atoms with Crippen molar-refractivity contribution in [1.29, 1.82) is 0 Å². The van der Waals surface area contributed by atoms with E-state index in [2.05, 4.69) is 26.8 Å². The first-order valence-corrected chi connectivity index (χ1v) is 9.54. The lowest BCUT2D eigenvalue weighted by Crippen LogP contribution is -2.30. The first-order valence-electron chi connectivity index (χ1n) is 9.54. The molecule has 1 aliphatic rings. The van der Waals surface area contributed by atoms with Gasteiger partial charge in [0.25, 0.3) is 0 Å². The van der Waals surface area contributed by atoms with Gasteiger partial charge < -0.3 is 15.3 Å². The highest BCUT2D eigenvalue weighted by molar-refractivity contribution is 5.42. The van der Waals surface area contributed by atoms with Gasteiger partial charge in [-0.1, -0.05) is 58.6 Å². The Bertz CT molecular complexity index is 524. The molecule has 1 aliphatic carbocycles. The molecule has 0 heterocycles. The molecule has 3 atom stereocenters. The standard InChI is InChI=1S/C21H34O3/c1-4-5-6-7-12-21(2,3)15-8-10-17(20(24)13-15)18-14-16(22)9-11-19(18)23/h8,10,13,16,18-19,22-24H,4-7,9,11-12,14H2,1-3H3/t16-,18+,19-/m1/s1. The van der Waals surface area contributed by atoms with Crippen molar-refractivity contribution >= 4 is 0 Å². The number of phenolic OH excluding ortho intramolecular Hbond substituents is 1. The molecule has 24 heavy (non-hydrogen) atoms. The molecule has 0 bridgehead atoms. The molecule has 136 valence electrons. The summed E-state index contributed by atoms with van der Waals surface area (Å²) in [6.45, 7) is 6.68. The lowest BCUT2D eigenvalue weighted by atomic mass is 9.76. The summed E-state index contributed by atoms with van der Waals surface area (Å²) in [5.74, 6) is 0.0859. The molecule has 3 N–H and O–H groups in total. The molecule has 1 fully saturated rings. The maximum absolute atomic E-state index is 10.5. The van der Waals surface area contributed by atoms with Gasteiger partial charge in [-0.15, -0.1) is 0 Å². The van der Waals surface area contributed by atoms with E-state index in [0.29, 0.717) is 19.3 Å². The van der Waals surface area contributed by atoms with Crippen LogP contribution in [0, 0.1) is 0 Å². The van der Waals surface area contributed by atoms with E-state index in [4.69, 9.17) is 0 Å². The smallest absolute Gasteiger partial charge is 0.119 e. The summed E-state index contributed by atoms with van der Waals surface area (Å²) in [6, 6.07) is 5.90. The number of benzene rings is 1. The lowest BCUT2D eigenvalue weighted by molar-refractivity contribution is 0.0349. The number of hydrogen-bond acceptors (Lipinski definition) is 3. The first kappa shape index (κ1) is 19.3. The van der Waals surface area contributed by atoms with Crippen molar-refractivity contribution in [1.82, 2.24) is 0 Å². The fraction of sp³-hybridized carbons (Fsp3) is 0.714. The molecule has 0 aliphatic heterocycles. The number of aromatic hydroxyl groups is 1. The molecule has 0 unspecified atom stereocenters. The molecular formula is C21H34O3. The van der Waals surface area contributed by atoms with E-state index in [9.17, 15) is 15.3 Å². The van der Waals surface area contributed by atoms with Crippen molar-refractivity contribution in [2.75, 3.05) is 0 Å². The predicted molar refractivity (Wildman–Crippen MR) is 98.5 cm³/mol. The number of aliphatic hydroxyl groups excluding tert-OH is 2. The molecule has 0 spiro atoms. The van der Waals surface area contributed by atoms with Crippen LogP contribution < -0.4 is 0 Å². The minimum atomic E-state index is -0.479. The number of hydrogen-bond donors (Lipinski definition) is 3. The molecule has 0 radical (unpaired) electrons. The van der Waals surface area contributed by atoms with Crippen LogP contribution in [0.15, 0.2) is 18.2 Å². The van der Waals surface area contributed by atoms with Crippen LogP contribution in [0.4, 0.5) is 0 Å². The lowest BCUT2D eigenvalue weighted by Gasteiger charge is -2.32. The van der Waals surface area contributed by atoms with E-state index in [1.165, 1.54) is 25.7 Å². The Hall–Kier alpha value is -1.06. The minimum Gasteiger partial charge on any atom is -0.508 e. The van der Waals surface area contributed by atoms with Crippen LogP contribution in [-0.4, -0.2) is 27.5 Å². The van der Waals surface area contributed by atoms with Gasteiger partial charge in [-0.25, -0.2) is 0 Å². The van der Waals surface area contributed by atoms with Crippen LogP contribution in [0.2, 0.25) is 0 Å². The van der Waals surface area contributed by atoms with Gasteiger partial charge in [0, 0.05) is 5.92 Å². The minimum absolute atomic E-state index is 0.0362. The van der Waals surface area contributed by atoms with Crippen LogP contribution in [0.5, 0.6) is 5.75 Å². The van der Waals surface area contributed by atoms with Gasteiger partial charge >= 0.3 is 0 Å². The number of phenols is 1. The van der Waals surface area contributed by atoms with Gasteiger partial charge in [0.05, 0.1) is 12.2 Å². The van der Waals surface area contributed by atoms with Crippen molar-refractivity contribution < 1.29 is 15.3 Å². The quantitative estimate of drug-likeness (QED) is 0.637. The van der Waals surface area contributed by atoms with Gasteiger partial charge in [0.2, 0.25) is 0 Å². The zero-order valence-electron chi connectivity index (χ0n) is 15.5. The van der Waals surface area contributed by atoms with E-state index >= 15 is 0 Å². The Labute approximate surface area is 146 Å². The maximum Gasteiger partial charge on any atom is 0.119 e. The van der Waals surface area contributed by atoms with Crippen LogP contribution in [0.1, 0.15) is 89.2 Å². The molecule has 1 aromatic rings. The number of rotatable bonds is 7. The number of unbranched alkanes of at least 4 members (excludes halogenated alkanes) is 3. The summed E-state index contributed by atoms with van der Waals surface area (Å²) in [5.41, 5.74) is 1.95. The highest BCUT2D eigenvalue weighted by atomic mass is 16.3. The average Bonchev–Trinajstić information content (AvgIpc) is 2.54. The van der Waals surface area contributed by atoms with E-state index < -0.39 is 6.10 Å². The van der Waals surface area contributed by atoms with Gasteiger partial charge in [0.1, 0.15) is 5.75 Å². The van der Waals surface area contributed by atoms with Gasteiger partial charge in [-0.3, -0.25) is 0 Å². The zero-order chi connectivity index (χ0) is 17.7. The molecule has 3 nitrogen and oxygen atoms in total. The zero-order valence-corrected chi connectivity index (χ0v) is 15.5. The van der Waals surface area contributed by atoms with Crippen LogP contribution in [0.3, 0.4) is 0 Å². The summed E-state index contributed by atoms with van der Waals surface area (Å²) in [4.78, 5) is 0. The molecule has 3 heteroatoms. The molecule has 0 amide bonds. The number of aliphatic hydroxyl groups is 2. The normalized spacial score (nSPS) is 25.0. The molecule has 0 saturated heterocycles. The Balaban J connectivity index is 2.10. The Morgan fingerprint density at radius 1 is 1.08 bits per heavy atom. The fourth-order valence-electron chi connectivity index (χ4n) is 3.88. The third-order valence-corrected chi connectivity index (χ3v) is 5.65. The van der Waals surface area contributed by atoms with Crippen molar-refractivity contribution in [3.05, 3.63) is 29.3 Å². The van der Waals surface area contributed by atoms with Crippen molar-refractivity contribution in [3.8, 4) is 5.75 Å². The largest absolute Gasteiger partial charge is 0.508 e. The van der Waals surface area contributed by atoms with Crippen molar-refractivity contribution in [3.63, 3.8) is 0 Å². The summed E-state index contributed by atoms with van der Waals surface area (Å²) in [5, 5.41) is 30.6. The summed E-state index contributed by atoms with van der Waals surface area (Å²) >= 11 is 0. The van der Waals surface area contributed by atoms with Gasteiger partial charge in [-0.05, 0) is 48.3 Å². The monoisotopic (exact) mass is 334 g/mol. The highest BCUT2D eigenvalue weighted by Gasteiger charge is 2.31. The van der Waals surface area contributed by atoms with Crippen LogP contribution in [-0.2, 0) is 5.41 Å². The molecule has 2 rings (SSSR count). The van der Waals surface area contributed by atoms with E-state index in [1.54, 1.807) is 0 Å². The van der Waals surface area contributed by atoms with E-state index in [1.807, 2.05) is 12.1 Å². The second-order valence-electron chi connectivity index (χ2n) is 8.11. The molecule has 1 aromatic carbocycles. The Morgan fingerprint density at radius 3 is 2.50 bits per heavy atom. The van der Waals surface area contributed by atoms with E-state index in [-0.39, 0.29) is 23.2 Å². The average molecular weight is 335 g/mol. The molecule has 1 saturated carbocycles. The maximum atomic E-state index is 10.5. The Morgan fingerprint density at radius 2 is 1.83 bits per heavy atom. The fourth-order valence-corrected chi connectivity index (χ4v) is 3.88. The summed E-state index contributed by atoms with van der Waals surface area (Å²) in [7, 11) is 0. The van der Waals surface area contributed by atoms with Gasteiger partial charge in [-0.2, -0.15) is 0 Å².